The van der Waals surface area contributed by atoms with E-state index in [1.807, 2.05) is 0 Å². The summed E-state index contributed by atoms with van der Waals surface area (Å²) < 4.78 is 76.0. The molecule has 0 atom stereocenters. The van der Waals surface area contributed by atoms with Gasteiger partial charge in [0.2, 0.25) is 0 Å². The maximum atomic E-state index is 13.3. The summed E-state index contributed by atoms with van der Waals surface area (Å²) >= 11 is 0. The number of rotatable bonds is 5. The number of amides is 1. The molecule has 152 valence electrons. The highest BCUT2D eigenvalue weighted by molar-refractivity contribution is 7.92. The molecule has 0 saturated heterocycles. The molecule has 0 aliphatic heterocycles. The minimum Gasteiger partial charge on any atom is -0.350 e. The third-order valence-electron chi connectivity index (χ3n) is 4.24. The summed E-state index contributed by atoms with van der Waals surface area (Å²) in [7, 11) is -3.83. The lowest BCUT2D eigenvalue weighted by Gasteiger charge is -2.25. The second-order valence-corrected chi connectivity index (χ2v) is 9.54. The topological polar surface area (TPSA) is 63.2 Å². The molecule has 0 bridgehead atoms. The molecule has 0 saturated carbocycles. The Balaban J connectivity index is 2.22. The van der Waals surface area contributed by atoms with Crippen molar-refractivity contribution in [1.82, 2.24) is 5.32 Å². The van der Waals surface area contributed by atoms with E-state index in [0.29, 0.717) is 12.1 Å². The van der Waals surface area contributed by atoms with Crippen LogP contribution >= 0.6 is 0 Å². The maximum absolute atomic E-state index is 13.3. The van der Waals surface area contributed by atoms with Crippen LogP contribution in [0.2, 0.25) is 0 Å². The molecule has 0 fully saturated rings. The summed E-state index contributed by atoms with van der Waals surface area (Å²) in [5, 5.41) is 2.32. The van der Waals surface area contributed by atoms with E-state index in [0.717, 1.165) is 11.6 Å². The number of sulfone groups is 1. The summed E-state index contributed by atoms with van der Waals surface area (Å²) in [5.41, 5.74) is -1.24. The van der Waals surface area contributed by atoms with Crippen molar-refractivity contribution in [1.29, 1.82) is 0 Å². The first kappa shape index (κ1) is 21.9. The molecule has 2 aromatic carbocycles. The smallest absolute Gasteiger partial charge is 0.350 e. The van der Waals surface area contributed by atoms with Crippen molar-refractivity contribution in [2.24, 2.45) is 0 Å². The standard InChI is InChI=1S/C19H19F4NO3S/c1-12-5-4-6-14(9-12)28(26,27)18(2,3)11-24-17(25)13-7-8-16(20)15(10-13)19(21,22)23/h4-10H,11H2,1-3H3,(H,24,25). The van der Waals surface area contributed by atoms with Crippen LogP contribution in [-0.4, -0.2) is 25.6 Å². The summed E-state index contributed by atoms with van der Waals surface area (Å²) in [6.07, 6.45) is -4.95. The third kappa shape index (κ3) is 4.52. The van der Waals surface area contributed by atoms with Crippen LogP contribution in [0.3, 0.4) is 0 Å². The van der Waals surface area contributed by atoms with Gasteiger partial charge in [-0.05, 0) is 56.7 Å². The van der Waals surface area contributed by atoms with Crippen molar-refractivity contribution in [3.8, 4) is 0 Å². The van der Waals surface area contributed by atoms with Crippen molar-refractivity contribution in [2.45, 2.75) is 36.6 Å². The number of alkyl halides is 3. The number of benzene rings is 2. The predicted molar refractivity (Wildman–Crippen MR) is 96.2 cm³/mol. The zero-order valence-corrected chi connectivity index (χ0v) is 16.2. The van der Waals surface area contributed by atoms with E-state index in [9.17, 15) is 30.8 Å². The first-order valence-corrected chi connectivity index (χ1v) is 9.70. The largest absolute Gasteiger partial charge is 0.419 e. The molecule has 0 heterocycles. The van der Waals surface area contributed by atoms with E-state index >= 15 is 0 Å². The van der Waals surface area contributed by atoms with Gasteiger partial charge in [0.25, 0.3) is 5.91 Å². The molecular formula is C19H19F4NO3S. The van der Waals surface area contributed by atoms with Crippen LogP contribution in [0, 0.1) is 12.7 Å². The van der Waals surface area contributed by atoms with Gasteiger partial charge in [-0.1, -0.05) is 12.1 Å². The van der Waals surface area contributed by atoms with Gasteiger partial charge < -0.3 is 5.32 Å². The molecule has 0 spiro atoms. The molecule has 1 amide bonds. The lowest BCUT2D eigenvalue weighted by Crippen LogP contribution is -2.44. The van der Waals surface area contributed by atoms with Gasteiger partial charge in [-0.3, -0.25) is 4.79 Å². The van der Waals surface area contributed by atoms with Crippen molar-refractivity contribution in [3.63, 3.8) is 0 Å². The van der Waals surface area contributed by atoms with Crippen molar-refractivity contribution in [2.75, 3.05) is 6.54 Å². The van der Waals surface area contributed by atoms with E-state index in [-0.39, 0.29) is 11.4 Å². The molecule has 0 aromatic heterocycles. The summed E-state index contributed by atoms with van der Waals surface area (Å²) in [6, 6.07) is 8.10. The fourth-order valence-electron chi connectivity index (χ4n) is 2.48. The van der Waals surface area contributed by atoms with E-state index in [4.69, 9.17) is 0 Å². The van der Waals surface area contributed by atoms with Crippen LogP contribution in [0.5, 0.6) is 0 Å². The molecule has 0 unspecified atom stereocenters. The van der Waals surface area contributed by atoms with Crippen molar-refractivity contribution < 1.29 is 30.8 Å². The Kier molecular flexibility index (Phi) is 5.89. The molecule has 28 heavy (non-hydrogen) atoms. The van der Waals surface area contributed by atoms with Gasteiger partial charge in [-0.25, -0.2) is 12.8 Å². The Bertz CT molecular complexity index is 998. The predicted octanol–water partition coefficient (Wildman–Crippen LogP) is 4.14. The minimum atomic E-state index is -4.95. The molecule has 0 radical (unpaired) electrons. The number of carbonyl (C=O) groups is 1. The van der Waals surface area contributed by atoms with Gasteiger partial charge in [0.1, 0.15) is 5.82 Å². The summed E-state index contributed by atoms with van der Waals surface area (Å²) in [4.78, 5) is 12.3. The van der Waals surface area contributed by atoms with E-state index in [1.54, 1.807) is 19.1 Å². The number of carbonyl (C=O) groups excluding carboxylic acids is 1. The first-order valence-electron chi connectivity index (χ1n) is 8.22. The van der Waals surface area contributed by atoms with Gasteiger partial charge in [0.15, 0.2) is 9.84 Å². The fraction of sp³-hybridized carbons (Fsp3) is 0.316. The highest BCUT2D eigenvalue weighted by atomic mass is 32.2. The molecule has 9 heteroatoms. The minimum absolute atomic E-state index is 0.0767. The van der Waals surface area contributed by atoms with Gasteiger partial charge in [-0.2, -0.15) is 13.2 Å². The van der Waals surface area contributed by atoms with Gasteiger partial charge >= 0.3 is 6.18 Å². The van der Waals surface area contributed by atoms with Gasteiger partial charge in [0.05, 0.1) is 15.2 Å². The van der Waals surface area contributed by atoms with Gasteiger partial charge in [-0.15, -0.1) is 0 Å². The number of hydrogen-bond donors (Lipinski definition) is 1. The van der Waals surface area contributed by atoms with Crippen molar-refractivity contribution >= 4 is 15.7 Å². The van der Waals surface area contributed by atoms with Crippen LogP contribution < -0.4 is 5.32 Å². The van der Waals surface area contributed by atoms with Crippen molar-refractivity contribution in [3.05, 3.63) is 65.0 Å². The highest BCUT2D eigenvalue weighted by Gasteiger charge is 2.37. The van der Waals surface area contributed by atoms with E-state index in [2.05, 4.69) is 5.32 Å². The Morgan fingerprint density at radius 1 is 1.07 bits per heavy atom. The van der Waals surface area contributed by atoms with Crippen LogP contribution in [0.15, 0.2) is 47.4 Å². The zero-order valence-electron chi connectivity index (χ0n) is 15.4. The average Bonchev–Trinajstić information content (AvgIpc) is 2.59. The number of hydrogen-bond acceptors (Lipinski definition) is 3. The Hall–Kier alpha value is -2.42. The van der Waals surface area contributed by atoms with Crippen LogP contribution in [-0.2, 0) is 16.0 Å². The highest BCUT2D eigenvalue weighted by Crippen LogP contribution is 2.32. The molecule has 0 aliphatic rings. The van der Waals surface area contributed by atoms with Crippen LogP contribution in [0.25, 0.3) is 0 Å². The monoisotopic (exact) mass is 417 g/mol. The molecule has 2 rings (SSSR count). The zero-order chi connectivity index (χ0) is 21.3. The molecule has 2 aromatic rings. The Labute approximate surface area is 160 Å². The second kappa shape index (κ2) is 7.54. The summed E-state index contributed by atoms with van der Waals surface area (Å²) in [6.45, 7) is 4.19. The van der Waals surface area contributed by atoms with Crippen LogP contribution in [0.4, 0.5) is 17.6 Å². The second-order valence-electron chi connectivity index (χ2n) is 6.95. The fourth-order valence-corrected chi connectivity index (χ4v) is 3.97. The maximum Gasteiger partial charge on any atom is 0.419 e. The normalized spacial score (nSPS) is 12.7. The lowest BCUT2D eigenvalue weighted by molar-refractivity contribution is -0.140. The summed E-state index contributed by atoms with van der Waals surface area (Å²) in [5.74, 6) is -2.43. The number of aryl methyl sites for hydroxylation is 1. The Morgan fingerprint density at radius 3 is 2.29 bits per heavy atom. The van der Waals surface area contributed by atoms with E-state index in [1.165, 1.54) is 26.0 Å². The Morgan fingerprint density at radius 2 is 1.71 bits per heavy atom. The molecular weight excluding hydrogens is 398 g/mol. The average molecular weight is 417 g/mol. The SMILES string of the molecule is Cc1cccc(S(=O)(=O)C(C)(C)CNC(=O)c2ccc(F)c(C(F)(F)F)c2)c1. The molecule has 0 aliphatic carbocycles. The van der Waals surface area contributed by atoms with Gasteiger partial charge in [0, 0.05) is 12.1 Å². The molecule has 4 nitrogen and oxygen atoms in total. The number of nitrogens with one attached hydrogen (secondary N) is 1. The van der Waals surface area contributed by atoms with Crippen LogP contribution in [0.1, 0.15) is 35.3 Å². The molecule has 1 N–H and O–H groups in total. The first-order chi connectivity index (χ1) is 12.8. The lowest BCUT2D eigenvalue weighted by atomic mass is 10.1. The third-order valence-corrected chi connectivity index (χ3v) is 6.71. The number of halogens is 4. The quantitative estimate of drug-likeness (QED) is 0.744. The van der Waals surface area contributed by atoms with E-state index < -0.39 is 43.6 Å².